The van der Waals surface area contributed by atoms with Crippen LogP contribution in [-0.4, -0.2) is 47.0 Å². The molecule has 1 N–H and O–H groups in total. The number of pyridine rings is 1. The van der Waals surface area contributed by atoms with Gasteiger partial charge in [-0.2, -0.15) is 0 Å². The summed E-state index contributed by atoms with van der Waals surface area (Å²) in [6, 6.07) is 26.8. The predicted molar refractivity (Wildman–Crippen MR) is 111 cm³/mol. The molecule has 5 nitrogen and oxygen atoms in total. The zero-order valence-electron chi connectivity index (χ0n) is 15.7. The van der Waals surface area contributed by atoms with E-state index in [2.05, 4.69) is 63.7 Å². The normalized spacial score (nSPS) is 14.8. The molecule has 1 saturated heterocycles. The standard InChI is InChI=1S/C23H24N4O/c28-23(25-21-13-7-8-14-24-21)27-17-15-26(16-18-27)22(19-9-3-1-4-10-19)20-11-5-2-6-12-20/h1-14,22H,15-18H2,(H,24,25,28). The number of aromatic nitrogens is 1. The molecule has 0 saturated carbocycles. The van der Waals surface area contributed by atoms with Gasteiger partial charge >= 0.3 is 6.03 Å². The number of hydrogen-bond donors (Lipinski definition) is 1. The van der Waals surface area contributed by atoms with Crippen molar-refractivity contribution >= 4 is 11.8 Å². The second-order valence-corrected chi connectivity index (χ2v) is 6.89. The van der Waals surface area contributed by atoms with Gasteiger partial charge in [-0.25, -0.2) is 9.78 Å². The quantitative estimate of drug-likeness (QED) is 0.752. The van der Waals surface area contributed by atoms with E-state index in [0.717, 1.165) is 13.1 Å². The average Bonchev–Trinajstić information content (AvgIpc) is 2.77. The number of anilines is 1. The summed E-state index contributed by atoms with van der Waals surface area (Å²) in [6.07, 6.45) is 1.68. The molecule has 2 aromatic carbocycles. The van der Waals surface area contributed by atoms with Crippen LogP contribution in [0.25, 0.3) is 0 Å². The topological polar surface area (TPSA) is 48.5 Å². The highest BCUT2D eigenvalue weighted by Gasteiger charge is 2.28. The van der Waals surface area contributed by atoms with E-state index in [0.29, 0.717) is 18.9 Å². The Hall–Kier alpha value is -3.18. The predicted octanol–water partition coefficient (Wildman–Crippen LogP) is 4.02. The van der Waals surface area contributed by atoms with E-state index < -0.39 is 0 Å². The van der Waals surface area contributed by atoms with E-state index in [4.69, 9.17) is 0 Å². The third-order valence-corrected chi connectivity index (χ3v) is 5.10. The second kappa shape index (κ2) is 8.67. The van der Waals surface area contributed by atoms with Gasteiger partial charge in [0.2, 0.25) is 0 Å². The highest BCUT2D eigenvalue weighted by molar-refractivity contribution is 5.88. The molecule has 0 unspecified atom stereocenters. The van der Waals surface area contributed by atoms with Crippen molar-refractivity contribution < 1.29 is 4.79 Å². The van der Waals surface area contributed by atoms with Crippen LogP contribution in [0.5, 0.6) is 0 Å². The summed E-state index contributed by atoms with van der Waals surface area (Å²) in [6.45, 7) is 3.03. The van der Waals surface area contributed by atoms with Crippen LogP contribution < -0.4 is 5.32 Å². The highest BCUT2D eigenvalue weighted by Crippen LogP contribution is 2.29. The number of urea groups is 1. The minimum absolute atomic E-state index is 0.0886. The zero-order valence-corrected chi connectivity index (χ0v) is 15.7. The number of carbonyl (C=O) groups excluding carboxylic acids is 1. The van der Waals surface area contributed by atoms with Gasteiger partial charge in [-0.1, -0.05) is 66.7 Å². The Bertz CT molecular complexity index is 839. The van der Waals surface area contributed by atoms with Crippen molar-refractivity contribution in [2.45, 2.75) is 6.04 Å². The third-order valence-electron chi connectivity index (χ3n) is 5.10. The number of piperazine rings is 1. The molecule has 3 aromatic rings. The van der Waals surface area contributed by atoms with E-state index in [1.54, 1.807) is 12.3 Å². The molecule has 2 amide bonds. The lowest BCUT2D eigenvalue weighted by atomic mass is 9.96. The Balaban J connectivity index is 1.45. The van der Waals surface area contributed by atoms with E-state index in [1.165, 1.54) is 11.1 Å². The summed E-state index contributed by atoms with van der Waals surface area (Å²) in [5.74, 6) is 0.585. The minimum Gasteiger partial charge on any atom is -0.322 e. The van der Waals surface area contributed by atoms with Crippen LogP contribution >= 0.6 is 0 Å². The summed E-state index contributed by atoms with van der Waals surface area (Å²) in [5, 5.41) is 2.88. The second-order valence-electron chi connectivity index (χ2n) is 6.89. The van der Waals surface area contributed by atoms with Crippen molar-refractivity contribution in [3.05, 3.63) is 96.2 Å². The summed E-state index contributed by atoms with van der Waals surface area (Å²) in [7, 11) is 0. The van der Waals surface area contributed by atoms with Gasteiger partial charge in [0.05, 0.1) is 6.04 Å². The Kier molecular flexibility index (Phi) is 5.64. The fraction of sp³-hybridized carbons (Fsp3) is 0.217. The maximum atomic E-state index is 12.5. The van der Waals surface area contributed by atoms with Gasteiger partial charge < -0.3 is 4.90 Å². The van der Waals surface area contributed by atoms with Crippen LogP contribution in [0.1, 0.15) is 17.2 Å². The van der Waals surface area contributed by atoms with Gasteiger partial charge in [0.1, 0.15) is 5.82 Å². The number of rotatable bonds is 4. The summed E-state index contributed by atoms with van der Waals surface area (Å²) in [4.78, 5) is 21.0. The molecule has 1 fully saturated rings. The van der Waals surface area contributed by atoms with Crippen molar-refractivity contribution in [1.82, 2.24) is 14.8 Å². The molecular formula is C23H24N4O. The molecule has 5 heteroatoms. The van der Waals surface area contributed by atoms with Gasteiger partial charge in [-0.15, -0.1) is 0 Å². The number of nitrogens with zero attached hydrogens (tertiary/aromatic N) is 3. The lowest BCUT2D eigenvalue weighted by molar-refractivity contribution is 0.126. The van der Waals surface area contributed by atoms with Gasteiger partial charge in [0, 0.05) is 32.4 Å². The van der Waals surface area contributed by atoms with E-state index in [9.17, 15) is 4.79 Å². The van der Waals surface area contributed by atoms with Crippen molar-refractivity contribution in [3.8, 4) is 0 Å². The molecular weight excluding hydrogens is 348 g/mol. The monoisotopic (exact) mass is 372 g/mol. The Morgan fingerprint density at radius 3 is 1.89 bits per heavy atom. The van der Waals surface area contributed by atoms with Crippen molar-refractivity contribution in [1.29, 1.82) is 0 Å². The Labute approximate surface area is 165 Å². The van der Waals surface area contributed by atoms with Crippen LogP contribution in [0.4, 0.5) is 10.6 Å². The maximum absolute atomic E-state index is 12.5. The summed E-state index contributed by atoms with van der Waals surface area (Å²) < 4.78 is 0. The van der Waals surface area contributed by atoms with Crippen molar-refractivity contribution in [3.63, 3.8) is 0 Å². The smallest absolute Gasteiger partial charge is 0.322 e. The van der Waals surface area contributed by atoms with Gasteiger partial charge in [0.15, 0.2) is 0 Å². The molecule has 0 bridgehead atoms. The van der Waals surface area contributed by atoms with E-state index >= 15 is 0 Å². The molecule has 0 aliphatic carbocycles. The average molecular weight is 372 g/mol. The van der Waals surface area contributed by atoms with Crippen LogP contribution in [-0.2, 0) is 0 Å². The molecule has 1 aliphatic rings. The van der Waals surface area contributed by atoms with Gasteiger partial charge in [-0.05, 0) is 23.3 Å². The number of amides is 2. The molecule has 1 aliphatic heterocycles. The first-order chi connectivity index (χ1) is 13.8. The van der Waals surface area contributed by atoms with Crippen LogP contribution in [0.3, 0.4) is 0 Å². The van der Waals surface area contributed by atoms with E-state index in [-0.39, 0.29) is 12.1 Å². The molecule has 0 atom stereocenters. The highest BCUT2D eigenvalue weighted by atomic mass is 16.2. The molecule has 0 spiro atoms. The van der Waals surface area contributed by atoms with Crippen molar-refractivity contribution in [2.24, 2.45) is 0 Å². The SMILES string of the molecule is O=C(Nc1ccccn1)N1CCN(C(c2ccccc2)c2ccccc2)CC1. The lowest BCUT2D eigenvalue weighted by Gasteiger charge is -2.39. The fourth-order valence-corrected chi connectivity index (χ4v) is 3.69. The molecule has 28 heavy (non-hydrogen) atoms. The maximum Gasteiger partial charge on any atom is 0.323 e. The van der Waals surface area contributed by atoms with Crippen LogP contribution in [0, 0.1) is 0 Å². The zero-order chi connectivity index (χ0) is 19.2. The number of benzene rings is 2. The third kappa shape index (κ3) is 4.21. The Morgan fingerprint density at radius 2 is 1.36 bits per heavy atom. The summed E-state index contributed by atoms with van der Waals surface area (Å²) in [5.41, 5.74) is 2.56. The van der Waals surface area contributed by atoms with Crippen LogP contribution in [0.2, 0.25) is 0 Å². The molecule has 142 valence electrons. The first-order valence-electron chi connectivity index (χ1n) is 9.62. The minimum atomic E-state index is -0.0886. The molecule has 4 rings (SSSR count). The largest absolute Gasteiger partial charge is 0.323 e. The molecule has 1 aromatic heterocycles. The number of nitrogens with one attached hydrogen (secondary N) is 1. The van der Waals surface area contributed by atoms with Gasteiger partial charge in [-0.3, -0.25) is 10.2 Å². The van der Waals surface area contributed by atoms with Crippen LogP contribution in [0.15, 0.2) is 85.1 Å². The first kappa shape index (κ1) is 18.2. The number of hydrogen-bond acceptors (Lipinski definition) is 3. The van der Waals surface area contributed by atoms with Crippen molar-refractivity contribution in [2.75, 3.05) is 31.5 Å². The first-order valence-corrected chi connectivity index (χ1v) is 9.62. The van der Waals surface area contributed by atoms with Gasteiger partial charge in [0.25, 0.3) is 0 Å². The molecule has 0 radical (unpaired) electrons. The number of carbonyl (C=O) groups is 1. The van der Waals surface area contributed by atoms with E-state index in [1.807, 2.05) is 29.2 Å². The Morgan fingerprint density at radius 1 is 0.786 bits per heavy atom. The lowest BCUT2D eigenvalue weighted by Crippen LogP contribution is -2.51. The molecule has 2 heterocycles. The fourth-order valence-electron chi connectivity index (χ4n) is 3.69. The summed E-state index contributed by atoms with van der Waals surface area (Å²) >= 11 is 0.